The quantitative estimate of drug-likeness (QED) is 0.794. The van der Waals surface area contributed by atoms with Crippen LogP contribution in [0.5, 0.6) is 11.5 Å². The van der Waals surface area contributed by atoms with Crippen LogP contribution >= 0.6 is 11.3 Å². The van der Waals surface area contributed by atoms with E-state index in [9.17, 15) is 10.2 Å². The fourth-order valence-corrected chi connectivity index (χ4v) is 2.55. The van der Waals surface area contributed by atoms with Gasteiger partial charge in [0.25, 0.3) is 0 Å². The lowest BCUT2D eigenvalue weighted by Gasteiger charge is -2.16. The third-order valence-electron chi connectivity index (χ3n) is 2.72. The van der Waals surface area contributed by atoms with Crippen LogP contribution < -0.4 is 5.32 Å². The summed E-state index contributed by atoms with van der Waals surface area (Å²) in [5, 5.41) is 23.7. The van der Waals surface area contributed by atoms with Crippen molar-refractivity contribution in [2.75, 3.05) is 0 Å². The maximum absolute atomic E-state index is 9.75. The van der Waals surface area contributed by atoms with E-state index in [1.165, 1.54) is 4.88 Å². The summed E-state index contributed by atoms with van der Waals surface area (Å²) in [6.45, 7) is 4.53. The molecule has 0 aliphatic carbocycles. The minimum absolute atomic E-state index is 0.102. The lowest BCUT2D eigenvalue weighted by atomic mass is 10.1. The van der Waals surface area contributed by atoms with E-state index in [1.54, 1.807) is 29.5 Å². The number of hydrogen-bond acceptors (Lipinski definition) is 5. The molecule has 0 fully saturated rings. The molecule has 0 aliphatic heterocycles. The molecular weight excluding hydrogens is 248 g/mol. The lowest BCUT2D eigenvalue weighted by Crippen LogP contribution is -2.18. The zero-order valence-electron chi connectivity index (χ0n) is 10.3. The van der Waals surface area contributed by atoms with E-state index in [2.05, 4.69) is 10.3 Å². The van der Waals surface area contributed by atoms with E-state index >= 15 is 0 Å². The minimum Gasteiger partial charge on any atom is -0.507 e. The number of nitrogens with one attached hydrogen (secondary N) is 1. The van der Waals surface area contributed by atoms with Gasteiger partial charge in [-0.3, -0.25) is 0 Å². The maximum Gasteiger partial charge on any atom is 0.124 e. The molecule has 3 N–H and O–H groups in total. The number of phenolic OH excluding ortho intramolecular Hbond substituents is 2. The van der Waals surface area contributed by atoms with Gasteiger partial charge in [-0.25, -0.2) is 4.98 Å². The average molecular weight is 264 g/mol. The molecule has 1 aromatic carbocycles. The van der Waals surface area contributed by atoms with Crippen LogP contribution in [0.4, 0.5) is 0 Å². The van der Waals surface area contributed by atoms with Crippen molar-refractivity contribution in [1.29, 1.82) is 0 Å². The molecular formula is C13H16N2O2S. The highest BCUT2D eigenvalue weighted by Crippen LogP contribution is 2.32. The molecule has 0 spiro atoms. The SMILES string of the molecule is Cc1cnc(CNC(C)c2c(O)cccc2O)s1. The number of thiazole rings is 1. The van der Waals surface area contributed by atoms with Gasteiger partial charge in [0.2, 0.25) is 0 Å². The molecule has 2 aromatic rings. The van der Waals surface area contributed by atoms with Crippen LogP contribution in [0.1, 0.15) is 28.4 Å². The molecule has 0 saturated carbocycles. The van der Waals surface area contributed by atoms with E-state index in [-0.39, 0.29) is 17.5 Å². The molecule has 1 unspecified atom stereocenters. The van der Waals surface area contributed by atoms with Gasteiger partial charge in [0.15, 0.2) is 0 Å². The number of aryl methyl sites for hydroxylation is 1. The number of aromatic hydroxyl groups is 2. The van der Waals surface area contributed by atoms with Crippen molar-refractivity contribution < 1.29 is 10.2 Å². The second-order valence-corrected chi connectivity index (χ2v) is 5.50. The van der Waals surface area contributed by atoms with Crippen LogP contribution in [0, 0.1) is 6.92 Å². The van der Waals surface area contributed by atoms with Gasteiger partial charge in [0.1, 0.15) is 16.5 Å². The normalized spacial score (nSPS) is 12.6. The molecule has 0 aliphatic rings. The van der Waals surface area contributed by atoms with Gasteiger partial charge in [-0.1, -0.05) is 6.07 Å². The second kappa shape index (κ2) is 5.37. The molecule has 96 valence electrons. The van der Waals surface area contributed by atoms with E-state index in [4.69, 9.17) is 0 Å². The van der Waals surface area contributed by atoms with Crippen molar-refractivity contribution in [1.82, 2.24) is 10.3 Å². The first kappa shape index (κ1) is 12.9. The molecule has 0 bridgehead atoms. The second-order valence-electron chi connectivity index (χ2n) is 4.18. The molecule has 1 aromatic heterocycles. The number of aromatic nitrogens is 1. The third-order valence-corrected chi connectivity index (χ3v) is 3.63. The Hall–Kier alpha value is -1.59. The van der Waals surface area contributed by atoms with Crippen molar-refractivity contribution >= 4 is 11.3 Å². The summed E-state index contributed by atoms with van der Waals surface area (Å²) in [5.74, 6) is 0.204. The highest BCUT2D eigenvalue weighted by Gasteiger charge is 2.14. The summed E-state index contributed by atoms with van der Waals surface area (Å²) in [7, 11) is 0. The van der Waals surface area contributed by atoms with Crippen LogP contribution in [-0.4, -0.2) is 15.2 Å². The number of nitrogens with zero attached hydrogens (tertiary/aromatic N) is 1. The van der Waals surface area contributed by atoms with Crippen LogP contribution in [0.3, 0.4) is 0 Å². The van der Waals surface area contributed by atoms with E-state index in [0.717, 1.165) is 5.01 Å². The van der Waals surface area contributed by atoms with Crippen molar-refractivity contribution in [2.24, 2.45) is 0 Å². The Balaban J connectivity index is 2.06. The molecule has 18 heavy (non-hydrogen) atoms. The summed E-state index contributed by atoms with van der Waals surface area (Å²) in [5.41, 5.74) is 0.519. The van der Waals surface area contributed by atoms with Crippen LogP contribution in [0.25, 0.3) is 0 Å². The average Bonchev–Trinajstić information content (AvgIpc) is 2.72. The molecule has 1 atom stereocenters. The molecule has 2 rings (SSSR count). The third kappa shape index (κ3) is 2.80. The molecule has 5 heteroatoms. The molecule has 0 amide bonds. The lowest BCUT2D eigenvalue weighted by molar-refractivity contribution is 0.418. The van der Waals surface area contributed by atoms with Crippen molar-refractivity contribution in [2.45, 2.75) is 26.4 Å². The first-order chi connectivity index (χ1) is 8.58. The summed E-state index contributed by atoms with van der Waals surface area (Å²) in [4.78, 5) is 5.43. The minimum atomic E-state index is -0.143. The monoisotopic (exact) mass is 264 g/mol. The van der Waals surface area contributed by atoms with Crippen LogP contribution in [-0.2, 0) is 6.54 Å². The number of phenols is 2. The molecule has 1 heterocycles. The topological polar surface area (TPSA) is 65.4 Å². The van der Waals surface area contributed by atoms with Crippen molar-refractivity contribution in [3.05, 3.63) is 39.8 Å². The van der Waals surface area contributed by atoms with Crippen molar-refractivity contribution in [3.63, 3.8) is 0 Å². The Labute approximate surface area is 110 Å². The van der Waals surface area contributed by atoms with Gasteiger partial charge < -0.3 is 15.5 Å². The number of benzene rings is 1. The van der Waals surface area contributed by atoms with Gasteiger partial charge in [-0.05, 0) is 26.0 Å². The Morgan fingerprint density at radius 3 is 2.56 bits per heavy atom. The summed E-state index contributed by atoms with van der Waals surface area (Å²) < 4.78 is 0. The molecule has 4 nitrogen and oxygen atoms in total. The zero-order chi connectivity index (χ0) is 13.1. The zero-order valence-corrected chi connectivity index (χ0v) is 11.2. The first-order valence-corrected chi connectivity index (χ1v) is 6.55. The number of hydrogen-bond donors (Lipinski definition) is 3. The van der Waals surface area contributed by atoms with Gasteiger partial charge in [-0.2, -0.15) is 0 Å². The Bertz CT molecular complexity index is 519. The van der Waals surface area contributed by atoms with Gasteiger partial charge >= 0.3 is 0 Å². The fourth-order valence-electron chi connectivity index (χ4n) is 1.81. The van der Waals surface area contributed by atoms with Crippen LogP contribution in [0.15, 0.2) is 24.4 Å². The predicted octanol–water partition coefficient (Wildman–Crippen LogP) is 2.71. The Morgan fingerprint density at radius 1 is 1.33 bits per heavy atom. The highest BCUT2D eigenvalue weighted by molar-refractivity contribution is 7.11. The smallest absolute Gasteiger partial charge is 0.124 e. The largest absolute Gasteiger partial charge is 0.507 e. The summed E-state index contributed by atoms with van der Waals surface area (Å²) in [6, 6.07) is 4.61. The number of rotatable bonds is 4. The van der Waals surface area contributed by atoms with E-state index < -0.39 is 0 Å². The molecule has 0 radical (unpaired) electrons. The highest BCUT2D eigenvalue weighted by atomic mass is 32.1. The standard InChI is InChI=1S/C13H16N2O2S/c1-8-6-15-12(18-8)7-14-9(2)13-10(16)4-3-5-11(13)17/h3-6,9,14,16-17H,7H2,1-2H3. The van der Waals surface area contributed by atoms with Gasteiger partial charge in [0, 0.05) is 23.7 Å². The fraction of sp³-hybridized carbons (Fsp3) is 0.308. The molecule has 0 saturated heterocycles. The summed E-state index contributed by atoms with van der Waals surface area (Å²) >= 11 is 1.63. The predicted molar refractivity (Wildman–Crippen MR) is 71.9 cm³/mol. The first-order valence-electron chi connectivity index (χ1n) is 5.73. The van der Waals surface area contributed by atoms with Crippen molar-refractivity contribution in [3.8, 4) is 11.5 Å². The van der Waals surface area contributed by atoms with Gasteiger partial charge in [0.05, 0.1) is 5.56 Å². The summed E-state index contributed by atoms with van der Waals surface area (Å²) in [6.07, 6.45) is 1.84. The van der Waals surface area contributed by atoms with E-state index in [1.807, 2.05) is 20.0 Å². The maximum atomic E-state index is 9.75. The Morgan fingerprint density at radius 2 is 2.00 bits per heavy atom. The van der Waals surface area contributed by atoms with Crippen LogP contribution in [0.2, 0.25) is 0 Å². The Kier molecular flexibility index (Phi) is 3.84. The van der Waals surface area contributed by atoms with Gasteiger partial charge in [-0.15, -0.1) is 11.3 Å². The van der Waals surface area contributed by atoms with E-state index in [0.29, 0.717) is 12.1 Å².